The van der Waals surface area contributed by atoms with Crippen molar-refractivity contribution in [1.29, 1.82) is 0 Å². The van der Waals surface area contributed by atoms with Crippen LogP contribution >= 0.6 is 0 Å². The fourth-order valence-electron chi connectivity index (χ4n) is 2.15. The highest BCUT2D eigenvalue weighted by atomic mass is 15.3. The molecule has 1 aliphatic rings. The van der Waals surface area contributed by atoms with Gasteiger partial charge in [-0.2, -0.15) is 0 Å². The van der Waals surface area contributed by atoms with Crippen molar-refractivity contribution in [2.24, 2.45) is 16.8 Å². The molecular formula is C11H24N4. The van der Waals surface area contributed by atoms with Crippen LogP contribution in [-0.4, -0.2) is 18.5 Å². The van der Waals surface area contributed by atoms with Gasteiger partial charge in [-0.1, -0.05) is 19.8 Å². The summed E-state index contributed by atoms with van der Waals surface area (Å²) >= 11 is 0. The van der Waals surface area contributed by atoms with Crippen molar-refractivity contribution in [3.05, 3.63) is 0 Å². The second-order valence-electron chi connectivity index (χ2n) is 4.35. The summed E-state index contributed by atoms with van der Waals surface area (Å²) in [6.45, 7) is 5.15. The molecule has 15 heavy (non-hydrogen) atoms. The molecule has 0 aliphatic heterocycles. The van der Waals surface area contributed by atoms with E-state index >= 15 is 0 Å². The molecule has 0 aromatic carbocycles. The van der Waals surface area contributed by atoms with Crippen LogP contribution in [0.25, 0.3) is 0 Å². The van der Waals surface area contributed by atoms with Crippen LogP contribution in [0, 0.1) is 5.92 Å². The topological polar surface area (TPSA) is 62.4 Å². The van der Waals surface area contributed by atoms with Crippen LogP contribution in [-0.2, 0) is 0 Å². The Bertz CT molecular complexity index is 197. The van der Waals surface area contributed by atoms with E-state index in [0.717, 1.165) is 24.8 Å². The zero-order valence-corrected chi connectivity index (χ0v) is 9.92. The van der Waals surface area contributed by atoms with Gasteiger partial charge in [0.05, 0.1) is 0 Å². The zero-order chi connectivity index (χ0) is 11.1. The van der Waals surface area contributed by atoms with E-state index in [9.17, 15) is 0 Å². The van der Waals surface area contributed by atoms with Crippen LogP contribution in [0.4, 0.5) is 0 Å². The third kappa shape index (κ3) is 4.08. The highest BCUT2D eigenvalue weighted by Gasteiger charge is 2.21. The van der Waals surface area contributed by atoms with Crippen LogP contribution in [0.15, 0.2) is 4.99 Å². The Hall–Kier alpha value is -0.770. The molecule has 0 saturated heterocycles. The maximum Gasteiger partial charge on any atom is 0.205 e. The van der Waals surface area contributed by atoms with Gasteiger partial charge in [-0.05, 0) is 32.1 Å². The summed E-state index contributed by atoms with van der Waals surface area (Å²) in [5, 5.41) is 3.36. The molecule has 0 bridgehead atoms. The number of nitrogens with zero attached hydrogens (tertiary/aromatic N) is 1. The zero-order valence-electron chi connectivity index (χ0n) is 9.92. The first-order valence-electron chi connectivity index (χ1n) is 6.05. The van der Waals surface area contributed by atoms with Gasteiger partial charge in [-0.3, -0.25) is 10.4 Å². The van der Waals surface area contributed by atoms with Crippen LogP contribution in [0.1, 0.15) is 46.0 Å². The molecule has 0 heterocycles. The first-order chi connectivity index (χ1) is 7.27. The van der Waals surface area contributed by atoms with E-state index in [1.54, 1.807) is 0 Å². The van der Waals surface area contributed by atoms with Gasteiger partial charge >= 0.3 is 0 Å². The first-order valence-corrected chi connectivity index (χ1v) is 6.05. The molecule has 4 nitrogen and oxygen atoms in total. The maximum atomic E-state index is 5.42. The summed E-state index contributed by atoms with van der Waals surface area (Å²) in [5.41, 5.74) is 2.63. The molecule has 1 rings (SSSR count). The van der Waals surface area contributed by atoms with E-state index in [1.807, 2.05) is 0 Å². The Kier molecular flexibility index (Phi) is 5.47. The van der Waals surface area contributed by atoms with Crippen molar-refractivity contribution in [2.45, 2.75) is 52.0 Å². The lowest BCUT2D eigenvalue weighted by Gasteiger charge is -2.22. The van der Waals surface area contributed by atoms with Gasteiger partial charge in [0.2, 0.25) is 5.96 Å². The fourth-order valence-corrected chi connectivity index (χ4v) is 2.15. The lowest BCUT2D eigenvalue weighted by molar-refractivity contribution is 0.422. The second kappa shape index (κ2) is 6.67. The summed E-state index contributed by atoms with van der Waals surface area (Å²) < 4.78 is 0. The molecule has 1 saturated carbocycles. The van der Waals surface area contributed by atoms with Crippen molar-refractivity contribution >= 4 is 5.96 Å². The van der Waals surface area contributed by atoms with Gasteiger partial charge in [0.25, 0.3) is 0 Å². The maximum absolute atomic E-state index is 5.42. The molecule has 1 atom stereocenters. The summed E-state index contributed by atoms with van der Waals surface area (Å²) in [4.78, 5) is 4.34. The minimum Gasteiger partial charge on any atom is -0.353 e. The van der Waals surface area contributed by atoms with Crippen LogP contribution in [0.5, 0.6) is 0 Å². The molecule has 1 fully saturated rings. The van der Waals surface area contributed by atoms with E-state index in [4.69, 9.17) is 5.84 Å². The lowest BCUT2D eigenvalue weighted by atomic mass is 10.0. The molecule has 4 heteroatoms. The van der Waals surface area contributed by atoms with Crippen molar-refractivity contribution < 1.29 is 0 Å². The molecule has 0 radical (unpaired) electrons. The molecule has 88 valence electrons. The summed E-state index contributed by atoms with van der Waals surface area (Å²) in [7, 11) is 0. The second-order valence-corrected chi connectivity index (χ2v) is 4.35. The normalized spacial score (nSPS) is 20.3. The molecular weight excluding hydrogens is 188 g/mol. The van der Waals surface area contributed by atoms with Gasteiger partial charge in [0, 0.05) is 12.6 Å². The van der Waals surface area contributed by atoms with Crippen molar-refractivity contribution in [3.63, 3.8) is 0 Å². The van der Waals surface area contributed by atoms with Gasteiger partial charge in [-0.25, -0.2) is 5.84 Å². The SMILES string of the molecule is CCCN=C(NN)NC(C)C1CCCC1. The predicted molar refractivity (Wildman–Crippen MR) is 64.5 cm³/mol. The summed E-state index contributed by atoms with van der Waals surface area (Å²) in [6.07, 6.45) is 6.45. The van der Waals surface area contributed by atoms with Gasteiger partial charge in [0.15, 0.2) is 0 Å². The molecule has 4 N–H and O–H groups in total. The number of nitrogens with one attached hydrogen (secondary N) is 2. The molecule has 0 aromatic rings. The molecule has 0 spiro atoms. The Labute approximate surface area is 92.7 Å². The highest BCUT2D eigenvalue weighted by Crippen LogP contribution is 2.27. The fraction of sp³-hybridized carbons (Fsp3) is 0.909. The predicted octanol–water partition coefficient (Wildman–Crippen LogP) is 1.38. The smallest absolute Gasteiger partial charge is 0.205 e. The molecule has 0 amide bonds. The Morgan fingerprint density at radius 2 is 2.13 bits per heavy atom. The van der Waals surface area contributed by atoms with Crippen LogP contribution in [0.3, 0.4) is 0 Å². The van der Waals surface area contributed by atoms with Crippen molar-refractivity contribution in [2.75, 3.05) is 6.54 Å². The van der Waals surface area contributed by atoms with E-state index in [0.29, 0.717) is 6.04 Å². The number of rotatable bonds is 4. The Morgan fingerprint density at radius 1 is 1.47 bits per heavy atom. The third-order valence-corrected chi connectivity index (χ3v) is 3.10. The van der Waals surface area contributed by atoms with Gasteiger partial charge in [0.1, 0.15) is 0 Å². The number of hydrogen-bond acceptors (Lipinski definition) is 2. The van der Waals surface area contributed by atoms with Gasteiger partial charge < -0.3 is 5.32 Å². The number of guanidine groups is 1. The number of hydrogen-bond donors (Lipinski definition) is 3. The van der Waals surface area contributed by atoms with E-state index in [-0.39, 0.29) is 0 Å². The standard InChI is InChI=1S/C11H24N4/c1-3-8-13-11(15-12)14-9(2)10-6-4-5-7-10/h9-10H,3-8,12H2,1-2H3,(H2,13,14,15). The van der Waals surface area contributed by atoms with E-state index in [1.165, 1.54) is 25.7 Å². The number of aliphatic imine (C=N–C) groups is 1. The van der Waals surface area contributed by atoms with Crippen LogP contribution in [0.2, 0.25) is 0 Å². The largest absolute Gasteiger partial charge is 0.353 e. The van der Waals surface area contributed by atoms with Crippen molar-refractivity contribution in [3.8, 4) is 0 Å². The average Bonchev–Trinajstić information content (AvgIpc) is 2.77. The van der Waals surface area contributed by atoms with Gasteiger partial charge in [-0.15, -0.1) is 0 Å². The molecule has 1 unspecified atom stereocenters. The number of hydrazine groups is 1. The third-order valence-electron chi connectivity index (χ3n) is 3.10. The minimum absolute atomic E-state index is 0.471. The quantitative estimate of drug-likeness (QED) is 0.285. The molecule has 1 aliphatic carbocycles. The monoisotopic (exact) mass is 212 g/mol. The number of nitrogens with two attached hydrogens (primary N) is 1. The Morgan fingerprint density at radius 3 is 2.67 bits per heavy atom. The summed E-state index contributed by atoms with van der Waals surface area (Å²) in [6, 6.07) is 0.471. The molecule has 0 aromatic heterocycles. The minimum atomic E-state index is 0.471. The van der Waals surface area contributed by atoms with Crippen LogP contribution < -0.4 is 16.6 Å². The van der Waals surface area contributed by atoms with E-state index < -0.39 is 0 Å². The highest BCUT2D eigenvalue weighted by molar-refractivity contribution is 5.79. The lowest BCUT2D eigenvalue weighted by Crippen LogP contribution is -2.47. The van der Waals surface area contributed by atoms with Crippen molar-refractivity contribution in [1.82, 2.24) is 10.7 Å². The van der Waals surface area contributed by atoms with E-state index in [2.05, 4.69) is 29.6 Å². The first kappa shape index (κ1) is 12.3. The summed E-state index contributed by atoms with van der Waals surface area (Å²) in [5.74, 6) is 6.93. The Balaban J connectivity index is 2.36. The average molecular weight is 212 g/mol.